The molecule has 1 rings (SSSR count). The van der Waals surface area contributed by atoms with Gasteiger partial charge in [-0.3, -0.25) is 4.72 Å². The Labute approximate surface area is 68.5 Å². The standard InChI is InChI=1S/C7H16N2S/c1-7(8-10)3-5-9(2)6-4-7/h8,10H,3-6H2,1-2H3. The van der Waals surface area contributed by atoms with Crippen LogP contribution >= 0.6 is 12.8 Å². The van der Waals surface area contributed by atoms with Crippen LogP contribution in [0.1, 0.15) is 19.8 Å². The highest BCUT2D eigenvalue weighted by Gasteiger charge is 2.26. The summed E-state index contributed by atoms with van der Waals surface area (Å²) in [6.45, 7) is 4.60. The van der Waals surface area contributed by atoms with Crippen molar-refractivity contribution in [1.29, 1.82) is 0 Å². The first-order valence-corrected chi connectivity index (χ1v) is 4.21. The SMILES string of the molecule is CN1CCC(C)(NS)CC1. The molecule has 0 aliphatic carbocycles. The van der Waals surface area contributed by atoms with Gasteiger partial charge in [0.1, 0.15) is 0 Å². The molecule has 1 N–H and O–H groups in total. The topological polar surface area (TPSA) is 15.3 Å². The van der Waals surface area contributed by atoms with Gasteiger partial charge in [0.05, 0.1) is 0 Å². The van der Waals surface area contributed by atoms with Crippen LogP contribution < -0.4 is 4.72 Å². The lowest BCUT2D eigenvalue weighted by Crippen LogP contribution is -2.46. The minimum Gasteiger partial charge on any atom is -0.306 e. The first kappa shape index (κ1) is 8.37. The third-order valence-electron chi connectivity index (χ3n) is 2.36. The fourth-order valence-electron chi connectivity index (χ4n) is 1.22. The summed E-state index contributed by atoms with van der Waals surface area (Å²) in [6.07, 6.45) is 2.40. The molecule has 1 aliphatic rings. The molecule has 2 nitrogen and oxygen atoms in total. The lowest BCUT2D eigenvalue weighted by atomic mass is 9.91. The Morgan fingerprint density at radius 1 is 1.40 bits per heavy atom. The highest BCUT2D eigenvalue weighted by molar-refractivity contribution is 7.78. The van der Waals surface area contributed by atoms with Crippen LogP contribution in [0.25, 0.3) is 0 Å². The van der Waals surface area contributed by atoms with Crippen molar-refractivity contribution < 1.29 is 0 Å². The first-order chi connectivity index (χ1) is 4.66. The summed E-state index contributed by atoms with van der Waals surface area (Å²) in [5.41, 5.74) is 0.273. The molecular formula is C7H16N2S. The maximum Gasteiger partial charge on any atom is 0.0276 e. The van der Waals surface area contributed by atoms with Crippen LogP contribution in [-0.4, -0.2) is 30.6 Å². The van der Waals surface area contributed by atoms with Gasteiger partial charge in [0.15, 0.2) is 0 Å². The Morgan fingerprint density at radius 2 is 1.90 bits per heavy atom. The number of rotatable bonds is 1. The molecule has 0 spiro atoms. The van der Waals surface area contributed by atoms with Gasteiger partial charge in [-0.15, -0.1) is 0 Å². The third-order valence-corrected chi connectivity index (χ3v) is 2.90. The normalized spacial score (nSPS) is 26.7. The van der Waals surface area contributed by atoms with Crippen LogP contribution in [0.15, 0.2) is 0 Å². The quantitative estimate of drug-likeness (QED) is 0.554. The van der Waals surface area contributed by atoms with Gasteiger partial charge in [-0.25, -0.2) is 0 Å². The predicted molar refractivity (Wildman–Crippen MR) is 47.3 cm³/mol. The first-order valence-electron chi connectivity index (χ1n) is 3.76. The summed E-state index contributed by atoms with van der Waals surface area (Å²) < 4.78 is 3.07. The Hall–Kier alpha value is 0.270. The summed E-state index contributed by atoms with van der Waals surface area (Å²) >= 11 is 4.11. The maximum absolute atomic E-state index is 4.11. The molecule has 0 saturated carbocycles. The minimum absolute atomic E-state index is 0.273. The molecule has 0 bridgehead atoms. The van der Waals surface area contributed by atoms with Crippen molar-refractivity contribution in [2.75, 3.05) is 20.1 Å². The average molecular weight is 160 g/mol. The zero-order chi connectivity index (χ0) is 7.61. The molecule has 60 valence electrons. The second-order valence-corrected chi connectivity index (χ2v) is 3.70. The minimum atomic E-state index is 0.273. The Kier molecular flexibility index (Phi) is 2.61. The molecule has 0 radical (unpaired) electrons. The fourth-order valence-corrected chi connectivity index (χ4v) is 1.45. The van der Waals surface area contributed by atoms with Crippen LogP contribution in [0.5, 0.6) is 0 Å². The molecule has 0 aromatic heterocycles. The maximum atomic E-state index is 4.11. The zero-order valence-corrected chi connectivity index (χ0v) is 7.62. The highest BCUT2D eigenvalue weighted by atomic mass is 32.1. The molecule has 0 aromatic rings. The molecule has 3 heteroatoms. The van der Waals surface area contributed by atoms with Crippen molar-refractivity contribution in [3.63, 3.8) is 0 Å². The third kappa shape index (κ3) is 1.87. The summed E-state index contributed by atoms with van der Waals surface area (Å²) in [6, 6.07) is 0. The van der Waals surface area contributed by atoms with E-state index in [1.54, 1.807) is 0 Å². The molecule has 0 aromatic carbocycles. The molecule has 10 heavy (non-hydrogen) atoms. The van der Waals surface area contributed by atoms with Gasteiger partial charge < -0.3 is 4.90 Å². The summed E-state index contributed by atoms with van der Waals surface area (Å²) in [5.74, 6) is 0. The molecular weight excluding hydrogens is 144 g/mol. The van der Waals surface area contributed by atoms with Crippen LogP contribution in [0.2, 0.25) is 0 Å². The molecule has 1 fully saturated rings. The van der Waals surface area contributed by atoms with Gasteiger partial charge in [-0.1, -0.05) is 12.8 Å². The molecule has 0 atom stereocenters. The van der Waals surface area contributed by atoms with E-state index in [-0.39, 0.29) is 5.54 Å². The van der Waals surface area contributed by atoms with Crippen molar-refractivity contribution in [2.45, 2.75) is 25.3 Å². The largest absolute Gasteiger partial charge is 0.306 e. The van der Waals surface area contributed by atoms with Gasteiger partial charge in [-0.05, 0) is 39.9 Å². The molecule has 1 aliphatic heterocycles. The number of hydrogen-bond donors (Lipinski definition) is 2. The molecule has 0 unspecified atom stereocenters. The second kappa shape index (κ2) is 3.11. The predicted octanol–water partition coefficient (Wildman–Crippen LogP) is 0.905. The summed E-state index contributed by atoms with van der Waals surface area (Å²) in [5, 5.41) is 0. The van der Waals surface area contributed by atoms with E-state index in [2.05, 4.69) is 36.4 Å². The number of nitrogens with one attached hydrogen (secondary N) is 1. The Balaban J connectivity index is 2.38. The van der Waals surface area contributed by atoms with E-state index >= 15 is 0 Å². The Morgan fingerprint density at radius 3 is 2.30 bits per heavy atom. The second-order valence-electron chi connectivity index (χ2n) is 3.48. The highest BCUT2D eigenvalue weighted by Crippen LogP contribution is 2.20. The van der Waals surface area contributed by atoms with Crippen molar-refractivity contribution >= 4 is 12.8 Å². The number of hydrogen-bond acceptors (Lipinski definition) is 3. The summed E-state index contributed by atoms with van der Waals surface area (Å²) in [7, 11) is 2.16. The van der Waals surface area contributed by atoms with Crippen molar-refractivity contribution in [3.8, 4) is 0 Å². The van der Waals surface area contributed by atoms with Gasteiger partial charge in [0.2, 0.25) is 0 Å². The molecule has 1 heterocycles. The van der Waals surface area contributed by atoms with E-state index in [1.165, 1.54) is 25.9 Å². The van der Waals surface area contributed by atoms with Crippen LogP contribution in [0.4, 0.5) is 0 Å². The number of likely N-dealkylation sites (tertiary alicyclic amines) is 1. The van der Waals surface area contributed by atoms with Crippen molar-refractivity contribution in [3.05, 3.63) is 0 Å². The summed E-state index contributed by atoms with van der Waals surface area (Å²) in [4.78, 5) is 2.35. The van der Waals surface area contributed by atoms with E-state index in [9.17, 15) is 0 Å². The zero-order valence-electron chi connectivity index (χ0n) is 6.72. The number of thiol groups is 1. The van der Waals surface area contributed by atoms with Gasteiger partial charge >= 0.3 is 0 Å². The van der Waals surface area contributed by atoms with E-state index in [0.717, 1.165) is 0 Å². The number of nitrogens with zero attached hydrogens (tertiary/aromatic N) is 1. The lowest BCUT2D eigenvalue weighted by molar-refractivity contribution is 0.193. The average Bonchev–Trinajstić information content (AvgIpc) is 1.96. The monoisotopic (exact) mass is 160 g/mol. The van der Waals surface area contributed by atoms with E-state index in [1.807, 2.05) is 0 Å². The van der Waals surface area contributed by atoms with Crippen molar-refractivity contribution in [1.82, 2.24) is 9.62 Å². The molecule has 1 saturated heterocycles. The van der Waals surface area contributed by atoms with Crippen LogP contribution in [-0.2, 0) is 0 Å². The van der Waals surface area contributed by atoms with Gasteiger partial charge in [-0.2, -0.15) is 0 Å². The lowest BCUT2D eigenvalue weighted by Gasteiger charge is -2.36. The van der Waals surface area contributed by atoms with E-state index in [4.69, 9.17) is 0 Å². The van der Waals surface area contributed by atoms with E-state index in [0.29, 0.717) is 0 Å². The Bertz CT molecular complexity index is 108. The van der Waals surface area contributed by atoms with Crippen LogP contribution in [0, 0.1) is 0 Å². The smallest absolute Gasteiger partial charge is 0.0276 e. The van der Waals surface area contributed by atoms with Gasteiger partial charge in [0.25, 0.3) is 0 Å². The van der Waals surface area contributed by atoms with Crippen LogP contribution in [0.3, 0.4) is 0 Å². The molecule has 0 amide bonds. The van der Waals surface area contributed by atoms with E-state index < -0.39 is 0 Å². The number of piperidine rings is 1. The van der Waals surface area contributed by atoms with Crippen molar-refractivity contribution in [2.24, 2.45) is 0 Å². The van der Waals surface area contributed by atoms with Gasteiger partial charge in [0, 0.05) is 5.54 Å². The fraction of sp³-hybridized carbons (Fsp3) is 1.00.